The molecule has 1 fully saturated rings. The van der Waals surface area contributed by atoms with Crippen molar-refractivity contribution >= 4 is 29.0 Å². The summed E-state index contributed by atoms with van der Waals surface area (Å²) in [5.74, 6) is -0.888. The topological polar surface area (TPSA) is 76.6 Å². The van der Waals surface area contributed by atoms with Crippen LogP contribution in [-0.4, -0.2) is 47.2 Å². The number of ketones is 1. The summed E-state index contributed by atoms with van der Waals surface area (Å²) in [6, 6.07) is -0.552. The van der Waals surface area contributed by atoms with Crippen molar-refractivity contribution in [1.82, 2.24) is 9.88 Å². The number of Topliss-reactive ketones (excluding diaryl/α,β-unsaturated/α-hetero) is 1. The Morgan fingerprint density at radius 1 is 1.40 bits per heavy atom. The molecule has 7 heteroatoms. The van der Waals surface area contributed by atoms with Gasteiger partial charge in [0.15, 0.2) is 10.8 Å². The zero-order valence-electron chi connectivity index (χ0n) is 11.4. The Bertz CT molecular complexity index is 540. The molecular formula is C13H16N2O4S. The number of carbonyl (C=O) groups excluding carboxylic acids is 3. The quantitative estimate of drug-likeness (QED) is 0.624. The predicted octanol–water partition coefficient (Wildman–Crippen LogP) is 1.51. The number of amides is 1. The molecule has 0 radical (unpaired) electrons. The molecule has 0 aromatic carbocycles. The van der Waals surface area contributed by atoms with Crippen LogP contribution in [0.1, 0.15) is 46.5 Å². The van der Waals surface area contributed by atoms with Crippen LogP contribution in [0.2, 0.25) is 0 Å². The van der Waals surface area contributed by atoms with Crippen molar-refractivity contribution in [3.05, 3.63) is 16.1 Å². The number of piperidine rings is 1. The lowest BCUT2D eigenvalue weighted by atomic mass is 10.0. The van der Waals surface area contributed by atoms with Gasteiger partial charge in [0.05, 0.1) is 7.11 Å². The minimum Gasteiger partial charge on any atom is -0.467 e. The second-order valence-electron chi connectivity index (χ2n) is 4.63. The van der Waals surface area contributed by atoms with Crippen LogP contribution in [0, 0.1) is 0 Å². The van der Waals surface area contributed by atoms with Gasteiger partial charge in [-0.05, 0) is 19.3 Å². The summed E-state index contributed by atoms with van der Waals surface area (Å²) in [6.45, 7) is 1.91. The standard InChI is InChI=1S/C13H16N2O4S/c1-8(16)11-14-9(7-20-11)12(17)15-6-4-3-5-10(15)13(18)19-2/h7,10H,3-6H2,1-2H3. The van der Waals surface area contributed by atoms with Gasteiger partial charge in [0.25, 0.3) is 5.91 Å². The van der Waals surface area contributed by atoms with Crippen molar-refractivity contribution in [3.63, 3.8) is 0 Å². The first kappa shape index (κ1) is 14.6. The van der Waals surface area contributed by atoms with Crippen molar-refractivity contribution in [2.75, 3.05) is 13.7 Å². The van der Waals surface area contributed by atoms with E-state index in [2.05, 4.69) is 4.98 Å². The van der Waals surface area contributed by atoms with Crippen LogP contribution >= 0.6 is 11.3 Å². The van der Waals surface area contributed by atoms with E-state index in [0.717, 1.165) is 24.2 Å². The van der Waals surface area contributed by atoms with Crippen LogP contribution in [0.25, 0.3) is 0 Å². The van der Waals surface area contributed by atoms with Crippen LogP contribution in [-0.2, 0) is 9.53 Å². The third kappa shape index (κ3) is 2.87. The number of hydrogen-bond acceptors (Lipinski definition) is 6. The Balaban J connectivity index is 2.20. The number of rotatable bonds is 3. The average molecular weight is 296 g/mol. The Labute approximate surface area is 120 Å². The third-order valence-corrected chi connectivity index (χ3v) is 4.20. The fourth-order valence-corrected chi connectivity index (χ4v) is 2.93. The Morgan fingerprint density at radius 3 is 2.75 bits per heavy atom. The first-order chi connectivity index (χ1) is 9.54. The molecule has 1 unspecified atom stereocenters. The second-order valence-corrected chi connectivity index (χ2v) is 5.49. The van der Waals surface area contributed by atoms with Gasteiger partial charge in [-0.2, -0.15) is 0 Å². The van der Waals surface area contributed by atoms with E-state index in [1.165, 1.54) is 18.9 Å². The summed E-state index contributed by atoms with van der Waals surface area (Å²) >= 11 is 1.14. The van der Waals surface area contributed by atoms with Gasteiger partial charge in [-0.15, -0.1) is 11.3 Å². The van der Waals surface area contributed by atoms with Crippen molar-refractivity contribution in [1.29, 1.82) is 0 Å². The molecule has 1 aromatic rings. The Kier molecular flexibility index (Phi) is 4.49. The molecule has 2 rings (SSSR count). The molecule has 108 valence electrons. The monoisotopic (exact) mass is 296 g/mol. The number of likely N-dealkylation sites (tertiary alicyclic amines) is 1. The maximum atomic E-state index is 12.4. The molecule has 6 nitrogen and oxygen atoms in total. The van der Waals surface area contributed by atoms with Crippen molar-refractivity contribution < 1.29 is 19.1 Å². The molecule has 1 saturated heterocycles. The molecular weight excluding hydrogens is 280 g/mol. The van der Waals surface area contributed by atoms with E-state index >= 15 is 0 Å². The first-order valence-electron chi connectivity index (χ1n) is 6.40. The zero-order valence-corrected chi connectivity index (χ0v) is 12.2. The molecule has 0 saturated carbocycles. The molecule has 1 aromatic heterocycles. The number of thiazole rings is 1. The van der Waals surface area contributed by atoms with Gasteiger partial charge < -0.3 is 9.64 Å². The highest BCUT2D eigenvalue weighted by Crippen LogP contribution is 2.21. The van der Waals surface area contributed by atoms with Crippen LogP contribution in [0.3, 0.4) is 0 Å². The highest BCUT2D eigenvalue weighted by Gasteiger charge is 2.34. The van der Waals surface area contributed by atoms with E-state index in [1.54, 1.807) is 5.38 Å². The number of aromatic nitrogens is 1. The molecule has 2 heterocycles. The molecule has 0 spiro atoms. The molecule has 0 aliphatic carbocycles. The summed E-state index contributed by atoms with van der Waals surface area (Å²) in [6.07, 6.45) is 2.34. The summed E-state index contributed by atoms with van der Waals surface area (Å²) < 4.78 is 4.74. The van der Waals surface area contributed by atoms with E-state index in [4.69, 9.17) is 4.74 Å². The van der Waals surface area contributed by atoms with Crippen LogP contribution < -0.4 is 0 Å². The molecule has 1 amide bonds. The number of methoxy groups -OCH3 is 1. The molecule has 1 aliphatic rings. The van der Waals surface area contributed by atoms with E-state index in [9.17, 15) is 14.4 Å². The number of esters is 1. The minimum absolute atomic E-state index is 0.169. The first-order valence-corrected chi connectivity index (χ1v) is 7.28. The SMILES string of the molecule is COC(=O)C1CCCCN1C(=O)c1csc(C(C)=O)n1. The number of hydrogen-bond donors (Lipinski definition) is 0. The zero-order chi connectivity index (χ0) is 14.7. The van der Waals surface area contributed by atoms with Gasteiger partial charge in [-0.1, -0.05) is 0 Å². The largest absolute Gasteiger partial charge is 0.467 e. The molecule has 0 N–H and O–H groups in total. The summed E-state index contributed by atoms with van der Waals surface area (Å²) in [5, 5.41) is 1.86. The number of ether oxygens (including phenoxy) is 1. The van der Waals surface area contributed by atoms with Gasteiger partial charge in [0.1, 0.15) is 11.7 Å². The van der Waals surface area contributed by atoms with Crippen molar-refractivity contribution in [2.45, 2.75) is 32.2 Å². The lowest BCUT2D eigenvalue weighted by Crippen LogP contribution is -2.48. The third-order valence-electron chi connectivity index (χ3n) is 3.26. The van der Waals surface area contributed by atoms with Gasteiger partial charge >= 0.3 is 5.97 Å². The summed E-state index contributed by atoms with van der Waals surface area (Å²) in [5.41, 5.74) is 0.219. The van der Waals surface area contributed by atoms with Crippen molar-refractivity contribution in [3.8, 4) is 0 Å². The molecule has 1 atom stereocenters. The highest BCUT2D eigenvalue weighted by molar-refractivity contribution is 7.11. The average Bonchev–Trinajstić information content (AvgIpc) is 2.95. The maximum Gasteiger partial charge on any atom is 0.328 e. The predicted molar refractivity (Wildman–Crippen MR) is 72.8 cm³/mol. The maximum absolute atomic E-state index is 12.4. The van der Waals surface area contributed by atoms with Crippen LogP contribution in [0.4, 0.5) is 0 Å². The Morgan fingerprint density at radius 2 is 2.15 bits per heavy atom. The normalized spacial score (nSPS) is 18.7. The Hall–Kier alpha value is -1.76. The molecule has 20 heavy (non-hydrogen) atoms. The van der Waals surface area contributed by atoms with Gasteiger partial charge in [0.2, 0.25) is 0 Å². The number of nitrogens with zero attached hydrogens (tertiary/aromatic N) is 2. The lowest BCUT2D eigenvalue weighted by Gasteiger charge is -2.33. The number of carbonyl (C=O) groups is 3. The molecule has 0 bridgehead atoms. The van der Waals surface area contributed by atoms with Crippen molar-refractivity contribution in [2.24, 2.45) is 0 Å². The second kappa shape index (κ2) is 6.13. The minimum atomic E-state index is -0.552. The van der Waals surface area contributed by atoms with E-state index in [-0.39, 0.29) is 17.4 Å². The fraction of sp³-hybridized carbons (Fsp3) is 0.538. The van der Waals surface area contributed by atoms with E-state index in [0.29, 0.717) is 18.0 Å². The summed E-state index contributed by atoms with van der Waals surface area (Å²) in [7, 11) is 1.32. The highest BCUT2D eigenvalue weighted by atomic mass is 32.1. The van der Waals surface area contributed by atoms with Crippen LogP contribution in [0.15, 0.2) is 5.38 Å². The molecule has 1 aliphatic heterocycles. The van der Waals surface area contributed by atoms with E-state index < -0.39 is 12.0 Å². The van der Waals surface area contributed by atoms with Gasteiger partial charge in [-0.25, -0.2) is 9.78 Å². The summed E-state index contributed by atoms with van der Waals surface area (Å²) in [4.78, 5) is 40.9. The van der Waals surface area contributed by atoms with Gasteiger partial charge in [-0.3, -0.25) is 9.59 Å². The fourth-order valence-electron chi connectivity index (χ4n) is 2.24. The lowest BCUT2D eigenvalue weighted by molar-refractivity contribution is -0.147. The van der Waals surface area contributed by atoms with Gasteiger partial charge in [0, 0.05) is 18.8 Å². The smallest absolute Gasteiger partial charge is 0.328 e. The van der Waals surface area contributed by atoms with Crippen LogP contribution in [0.5, 0.6) is 0 Å². The van der Waals surface area contributed by atoms with E-state index in [1.807, 2.05) is 0 Å².